The molecule has 5 heteroatoms. The molecule has 0 unspecified atom stereocenters. The molecular formula is C16H15NO3S. The quantitative estimate of drug-likeness (QED) is 0.694. The van der Waals surface area contributed by atoms with Gasteiger partial charge in [0.1, 0.15) is 0 Å². The van der Waals surface area contributed by atoms with Crippen LogP contribution in [0.3, 0.4) is 0 Å². The number of amides is 1. The minimum Gasteiger partial charge on any atom is -0.465 e. The number of ether oxygens (including phenoxy) is 1. The molecule has 0 saturated carbocycles. The maximum absolute atomic E-state index is 12.1. The first kappa shape index (κ1) is 15.1. The lowest BCUT2D eigenvalue weighted by Gasteiger charge is -2.06. The SMILES string of the molecule is COC(=O)c1ccc(C(=O)Nc2ccc(SC)cc2)cc1. The van der Waals surface area contributed by atoms with Gasteiger partial charge in [0.15, 0.2) is 0 Å². The van der Waals surface area contributed by atoms with Crippen LogP contribution in [-0.4, -0.2) is 25.2 Å². The molecule has 0 aromatic heterocycles. The van der Waals surface area contributed by atoms with Crippen LogP contribution in [-0.2, 0) is 4.74 Å². The van der Waals surface area contributed by atoms with Gasteiger partial charge in [0.05, 0.1) is 12.7 Å². The largest absolute Gasteiger partial charge is 0.465 e. The Bertz CT molecular complexity index is 636. The van der Waals surface area contributed by atoms with Crippen LogP contribution in [0, 0.1) is 0 Å². The standard InChI is InChI=1S/C16H15NO3S/c1-20-16(19)12-5-3-11(4-6-12)15(18)17-13-7-9-14(21-2)10-8-13/h3-10H,1-2H3,(H,17,18). The summed E-state index contributed by atoms with van der Waals surface area (Å²) in [6, 6.07) is 13.9. The maximum atomic E-state index is 12.1. The fourth-order valence-electron chi connectivity index (χ4n) is 1.75. The minimum absolute atomic E-state index is 0.219. The van der Waals surface area contributed by atoms with E-state index in [1.807, 2.05) is 30.5 Å². The van der Waals surface area contributed by atoms with Crippen molar-refractivity contribution < 1.29 is 14.3 Å². The highest BCUT2D eigenvalue weighted by Gasteiger charge is 2.09. The van der Waals surface area contributed by atoms with Crippen molar-refractivity contribution in [2.45, 2.75) is 4.90 Å². The fraction of sp³-hybridized carbons (Fsp3) is 0.125. The molecule has 0 aliphatic heterocycles. The Kier molecular flexibility index (Phi) is 5.00. The van der Waals surface area contributed by atoms with E-state index in [-0.39, 0.29) is 5.91 Å². The number of anilines is 1. The van der Waals surface area contributed by atoms with E-state index in [2.05, 4.69) is 10.1 Å². The molecule has 1 N–H and O–H groups in total. The van der Waals surface area contributed by atoms with Crippen LogP contribution in [0.5, 0.6) is 0 Å². The van der Waals surface area contributed by atoms with Crippen LogP contribution >= 0.6 is 11.8 Å². The van der Waals surface area contributed by atoms with Gasteiger partial charge in [-0.2, -0.15) is 0 Å². The third kappa shape index (κ3) is 3.86. The first-order valence-corrected chi connectivity index (χ1v) is 7.50. The monoisotopic (exact) mass is 301 g/mol. The summed E-state index contributed by atoms with van der Waals surface area (Å²) in [4.78, 5) is 24.5. The Morgan fingerprint density at radius 2 is 1.52 bits per heavy atom. The average Bonchev–Trinajstić information content (AvgIpc) is 2.55. The van der Waals surface area contributed by atoms with Crippen molar-refractivity contribution in [2.75, 3.05) is 18.7 Å². The van der Waals surface area contributed by atoms with E-state index in [0.29, 0.717) is 11.1 Å². The van der Waals surface area contributed by atoms with Gasteiger partial charge in [0.2, 0.25) is 0 Å². The number of hydrogen-bond donors (Lipinski definition) is 1. The summed E-state index contributed by atoms with van der Waals surface area (Å²) >= 11 is 1.64. The van der Waals surface area contributed by atoms with E-state index in [9.17, 15) is 9.59 Å². The van der Waals surface area contributed by atoms with E-state index in [1.54, 1.807) is 36.0 Å². The van der Waals surface area contributed by atoms with Crippen molar-refractivity contribution in [1.82, 2.24) is 0 Å². The molecule has 4 nitrogen and oxygen atoms in total. The summed E-state index contributed by atoms with van der Waals surface area (Å²) in [7, 11) is 1.32. The van der Waals surface area contributed by atoms with Gasteiger partial charge in [-0.1, -0.05) is 0 Å². The fourth-order valence-corrected chi connectivity index (χ4v) is 2.16. The molecular weight excluding hydrogens is 286 g/mol. The lowest BCUT2D eigenvalue weighted by Crippen LogP contribution is -2.12. The number of benzene rings is 2. The molecule has 108 valence electrons. The number of esters is 1. The van der Waals surface area contributed by atoms with E-state index in [1.165, 1.54) is 7.11 Å². The smallest absolute Gasteiger partial charge is 0.337 e. The zero-order chi connectivity index (χ0) is 15.2. The summed E-state index contributed by atoms with van der Waals surface area (Å²) in [6.07, 6.45) is 2.00. The molecule has 0 atom stereocenters. The van der Waals surface area contributed by atoms with Crippen molar-refractivity contribution in [3.05, 3.63) is 59.7 Å². The van der Waals surface area contributed by atoms with Crippen molar-refractivity contribution in [1.29, 1.82) is 0 Å². The van der Waals surface area contributed by atoms with Gasteiger partial charge in [-0.3, -0.25) is 4.79 Å². The summed E-state index contributed by atoms with van der Waals surface area (Å²) in [6.45, 7) is 0. The molecule has 1 amide bonds. The number of carbonyl (C=O) groups is 2. The zero-order valence-corrected chi connectivity index (χ0v) is 12.6. The Labute approximate surface area is 127 Å². The lowest BCUT2D eigenvalue weighted by atomic mass is 10.1. The second-order valence-corrected chi connectivity index (χ2v) is 5.13. The number of rotatable bonds is 4. The Balaban J connectivity index is 2.07. The Hall–Kier alpha value is -2.27. The minimum atomic E-state index is -0.422. The highest BCUT2D eigenvalue weighted by atomic mass is 32.2. The number of carbonyl (C=O) groups excluding carboxylic acids is 2. The van der Waals surface area contributed by atoms with Gasteiger partial charge < -0.3 is 10.1 Å². The van der Waals surface area contributed by atoms with E-state index < -0.39 is 5.97 Å². The molecule has 0 aliphatic carbocycles. The van der Waals surface area contributed by atoms with Crippen LogP contribution < -0.4 is 5.32 Å². The molecule has 0 spiro atoms. The highest BCUT2D eigenvalue weighted by molar-refractivity contribution is 7.98. The van der Waals surface area contributed by atoms with Gasteiger partial charge in [-0.15, -0.1) is 11.8 Å². The van der Waals surface area contributed by atoms with Crippen molar-refractivity contribution >= 4 is 29.3 Å². The Morgan fingerprint density at radius 3 is 2.05 bits per heavy atom. The van der Waals surface area contributed by atoms with Crippen molar-refractivity contribution in [3.8, 4) is 0 Å². The van der Waals surface area contributed by atoms with E-state index >= 15 is 0 Å². The molecule has 0 fully saturated rings. The average molecular weight is 301 g/mol. The van der Waals surface area contributed by atoms with Crippen molar-refractivity contribution in [3.63, 3.8) is 0 Å². The summed E-state index contributed by atoms with van der Waals surface area (Å²) < 4.78 is 4.61. The molecule has 2 rings (SSSR count). The third-order valence-electron chi connectivity index (χ3n) is 2.92. The van der Waals surface area contributed by atoms with E-state index in [4.69, 9.17) is 0 Å². The summed E-state index contributed by atoms with van der Waals surface area (Å²) in [5.74, 6) is -0.641. The molecule has 0 radical (unpaired) electrons. The van der Waals surface area contributed by atoms with Gasteiger partial charge >= 0.3 is 5.97 Å². The predicted octanol–water partition coefficient (Wildman–Crippen LogP) is 3.45. The number of thioether (sulfide) groups is 1. The zero-order valence-electron chi connectivity index (χ0n) is 11.8. The van der Waals surface area contributed by atoms with Crippen LogP contribution in [0.15, 0.2) is 53.4 Å². The van der Waals surface area contributed by atoms with Crippen LogP contribution in [0.4, 0.5) is 5.69 Å². The molecule has 0 heterocycles. The van der Waals surface area contributed by atoms with Crippen LogP contribution in [0.25, 0.3) is 0 Å². The Morgan fingerprint density at radius 1 is 0.952 bits per heavy atom. The van der Waals surface area contributed by atoms with Crippen LogP contribution in [0.2, 0.25) is 0 Å². The number of methoxy groups -OCH3 is 1. The normalized spacial score (nSPS) is 10.0. The maximum Gasteiger partial charge on any atom is 0.337 e. The van der Waals surface area contributed by atoms with Gasteiger partial charge in [-0.25, -0.2) is 4.79 Å². The second-order valence-electron chi connectivity index (χ2n) is 4.25. The molecule has 2 aromatic rings. The number of nitrogens with one attached hydrogen (secondary N) is 1. The molecule has 2 aromatic carbocycles. The van der Waals surface area contributed by atoms with Gasteiger partial charge in [0.25, 0.3) is 5.91 Å². The first-order chi connectivity index (χ1) is 10.1. The molecule has 0 aliphatic rings. The highest BCUT2D eigenvalue weighted by Crippen LogP contribution is 2.18. The lowest BCUT2D eigenvalue weighted by molar-refractivity contribution is 0.0600. The number of hydrogen-bond acceptors (Lipinski definition) is 4. The van der Waals surface area contributed by atoms with E-state index in [0.717, 1.165) is 10.6 Å². The molecule has 0 saturated heterocycles. The third-order valence-corrected chi connectivity index (χ3v) is 3.66. The first-order valence-electron chi connectivity index (χ1n) is 6.28. The van der Waals surface area contributed by atoms with Gasteiger partial charge in [0, 0.05) is 16.1 Å². The predicted molar refractivity (Wildman–Crippen MR) is 84.0 cm³/mol. The van der Waals surface area contributed by atoms with Gasteiger partial charge in [-0.05, 0) is 54.8 Å². The van der Waals surface area contributed by atoms with Crippen LogP contribution in [0.1, 0.15) is 20.7 Å². The molecule has 21 heavy (non-hydrogen) atoms. The second kappa shape index (κ2) is 6.95. The van der Waals surface area contributed by atoms with Crippen molar-refractivity contribution in [2.24, 2.45) is 0 Å². The summed E-state index contributed by atoms with van der Waals surface area (Å²) in [5, 5.41) is 2.81. The topological polar surface area (TPSA) is 55.4 Å². The molecule has 0 bridgehead atoms. The summed E-state index contributed by atoms with van der Waals surface area (Å²) in [5.41, 5.74) is 1.63.